The van der Waals surface area contributed by atoms with Crippen LogP contribution in [-0.2, 0) is 6.42 Å². The summed E-state index contributed by atoms with van der Waals surface area (Å²) < 4.78 is 0. The van der Waals surface area contributed by atoms with E-state index in [1.165, 1.54) is 49.7 Å². The smallest absolute Gasteiger partial charge is 0.115 e. The molecule has 0 bridgehead atoms. The Morgan fingerprint density at radius 1 is 1.14 bits per heavy atom. The van der Waals surface area contributed by atoms with Gasteiger partial charge in [0.15, 0.2) is 0 Å². The second kappa shape index (κ2) is 4.76. The summed E-state index contributed by atoms with van der Waals surface area (Å²) in [5, 5.41) is 9.75. The van der Waals surface area contributed by atoms with Crippen LogP contribution in [0.2, 0.25) is 0 Å². The molecule has 3 aliphatic rings. The van der Waals surface area contributed by atoms with Gasteiger partial charge < -0.3 is 5.11 Å². The molecule has 0 aliphatic heterocycles. The summed E-state index contributed by atoms with van der Waals surface area (Å²) in [6.45, 7) is 2.46. The van der Waals surface area contributed by atoms with Crippen LogP contribution in [0.4, 0.5) is 0 Å². The van der Waals surface area contributed by atoms with Crippen LogP contribution in [0.25, 0.3) is 0 Å². The average Bonchev–Trinajstić information content (AvgIpc) is 3.00. The summed E-state index contributed by atoms with van der Waals surface area (Å²) in [4.78, 5) is 0. The van der Waals surface area contributed by atoms with Crippen LogP contribution in [0.5, 0.6) is 5.75 Å². The Balaban J connectivity index is 1.72. The molecule has 0 saturated heterocycles. The number of hydrogen-bond acceptors (Lipinski definition) is 1. The minimum absolute atomic E-state index is 0.409. The van der Waals surface area contributed by atoms with Gasteiger partial charge in [-0.15, -0.1) is 0 Å². The van der Waals surface area contributed by atoms with Crippen molar-refractivity contribution in [3.8, 4) is 5.75 Å². The Morgan fingerprint density at radius 2 is 2.05 bits per heavy atom. The van der Waals surface area contributed by atoms with Gasteiger partial charge in [-0.25, -0.2) is 0 Å². The minimum Gasteiger partial charge on any atom is -0.508 e. The van der Waals surface area contributed by atoms with E-state index in [2.05, 4.69) is 25.1 Å². The summed E-state index contributed by atoms with van der Waals surface area (Å²) in [5.41, 5.74) is 6.50. The van der Waals surface area contributed by atoms with E-state index in [9.17, 15) is 5.11 Å². The Hall–Kier alpha value is -1.50. The van der Waals surface area contributed by atoms with Gasteiger partial charge in [0.1, 0.15) is 5.75 Å². The lowest BCUT2D eigenvalue weighted by Gasteiger charge is -2.46. The summed E-state index contributed by atoms with van der Waals surface area (Å²) >= 11 is 0. The normalized spacial score (nSPS) is 31.2. The van der Waals surface area contributed by atoms with Crippen molar-refractivity contribution in [3.05, 3.63) is 52.6 Å². The van der Waals surface area contributed by atoms with Gasteiger partial charge in [0.05, 0.1) is 0 Å². The van der Waals surface area contributed by atoms with Crippen LogP contribution in [0.15, 0.2) is 41.5 Å². The minimum atomic E-state index is 0.409. The maximum atomic E-state index is 9.75. The molecule has 0 spiro atoms. The van der Waals surface area contributed by atoms with Gasteiger partial charge >= 0.3 is 0 Å². The Morgan fingerprint density at radius 3 is 2.86 bits per heavy atom. The fourth-order valence-corrected chi connectivity index (χ4v) is 4.60. The van der Waals surface area contributed by atoms with E-state index in [-0.39, 0.29) is 0 Å². The van der Waals surface area contributed by atoms with Gasteiger partial charge in [0.2, 0.25) is 0 Å². The highest BCUT2D eigenvalue weighted by molar-refractivity contribution is 5.45. The highest BCUT2D eigenvalue weighted by atomic mass is 16.3. The Labute approximate surface area is 127 Å². The maximum absolute atomic E-state index is 9.75. The largest absolute Gasteiger partial charge is 0.508 e. The molecule has 0 fully saturated rings. The predicted molar refractivity (Wildman–Crippen MR) is 86.5 cm³/mol. The van der Waals surface area contributed by atoms with Crippen LogP contribution in [0.3, 0.4) is 0 Å². The van der Waals surface area contributed by atoms with Gasteiger partial charge in [-0.1, -0.05) is 25.1 Å². The lowest BCUT2D eigenvalue weighted by atomic mass is 9.59. The number of allylic oxidation sites excluding steroid dienone is 4. The first-order valence-corrected chi connectivity index (χ1v) is 8.36. The number of fused-ring (bicyclic) bond motifs is 3. The van der Waals surface area contributed by atoms with Crippen molar-refractivity contribution in [3.63, 3.8) is 0 Å². The molecule has 4 rings (SSSR count). The molecular formula is C20H24O. The zero-order valence-corrected chi connectivity index (χ0v) is 12.9. The highest BCUT2D eigenvalue weighted by Crippen LogP contribution is 2.54. The summed E-state index contributed by atoms with van der Waals surface area (Å²) in [6.07, 6.45) is 13.6. The molecule has 0 aromatic heterocycles. The van der Waals surface area contributed by atoms with E-state index in [1.807, 2.05) is 12.1 Å². The Bertz CT molecular complexity index is 637. The summed E-state index contributed by atoms with van der Waals surface area (Å²) in [6, 6.07) is 6.04. The molecule has 1 nitrogen and oxygen atoms in total. The first-order chi connectivity index (χ1) is 10.2. The van der Waals surface area contributed by atoms with Crippen molar-refractivity contribution in [2.45, 2.75) is 57.8 Å². The number of phenolic OH excluding ortho intramolecular Hbond substituents is 1. The number of aromatic hydroxyl groups is 1. The number of rotatable bonds is 1. The molecule has 1 N–H and O–H groups in total. The third-order valence-electron chi connectivity index (χ3n) is 6.00. The number of phenols is 1. The molecule has 1 aromatic carbocycles. The first kappa shape index (κ1) is 13.2. The third-order valence-corrected chi connectivity index (χ3v) is 6.00. The molecular weight excluding hydrogens is 256 g/mol. The van der Waals surface area contributed by atoms with E-state index in [0.717, 1.165) is 6.42 Å². The van der Waals surface area contributed by atoms with Gasteiger partial charge in [0.25, 0.3) is 0 Å². The van der Waals surface area contributed by atoms with Crippen LogP contribution < -0.4 is 0 Å². The van der Waals surface area contributed by atoms with E-state index >= 15 is 0 Å². The standard InChI is InChI=1S/C20H24O/c1-20-10-8-15(14-4-2-3-5-14)13-19(20)18-7-6-17(21)12-16(18)9-11-20/h4,6-8,12,19,21H,2-3,5,9-11,13H2,1H3/t19-,20-/m1/s1. The van der Waals surface area contributed by atoms with Crippen LogP contribution >= 0.6 is 0 Å². The van der Waals surface area contributed by atoms with Crippen LogP contribution in [-0.4, -0.2) is 5.11 Å². The second-order valence-electron chi connectivity index (χ2n) is 7.35. The maximum Gasteiger partial charge on any atom is 0.115 e. The summed E-state index contributed by atoms with van der Waals surface area (Å²) in [7, 11) is 0. The molecule has 110 valence electrons. The quantitative estimate of drug-likeness (QED) is 0.744. The molecule has 0 saturated carbocycles. The molecule has 2 atom stereocenters. The fourth-order valence-electron chi connectivity index (χ4n) is 4.60. The lowest BCUT2D eigenvalue weighted by molar-refractivity contribution is 0.205. The van der Waals surface area contributed by atoms with E-state index in [4.69, 9.17) is 0 Å². The van der Waals surface area contributed by atoms with Crippen molar-refractivity contribution in [2.24, 2.45) is 5.41 Å². The first-order valence-electron chi connectivity index (χ1n) is 8.36. The van der Waals surface area contributed by atoms with Crippen LogP contribution in [0.1, 0.15) is 62.5 Å². The van der Waals surface area contributed by atoms with Crippen molar-refractivity contribution in [1.82, 2.24) is 0 Å². The lowest BCUT2D eigenvalue weighted by Crippen LogP contribution is -2.33. The molecule has 0 heterocycles. The van der Waals surface area contributed by atoms with Gasteiger partial charge in [-0.3, -0.25) is 0 Å². The number of hydrogen-bond donors (Lipinski definition) is 1. The van der Waals surface area contributed by atoms with E-state index in [0.29, 0.717) is 17.1 Å². The Kier molecular flexibility index (Phi) is 2.99. The third kappa shape index (κ3) is 2.14. The molecule has 1 aromatic rings. The molecule has 3 aliphatic carbocycles. The predicted octanol–water partition coefficient (Wildman–Crippen LogP) is 5.26. The topological polar surface area (TPSA) is 20.2 Å². The van der Waals surface area contributed by atoms with E-state index < -0.39 is 0 Å². The van der Waals surface area contributed by atoms with Crippen molar-refractivity contribution < 1.29 is 5.11 Å². The SMILES string of the molecule is C[C@]12CC=C(C3=CCCC3)C[C@@H]1c1ccc(O)cc1CC2. The van der Waals surface area contributed by atoms with E-state index in [1.54, 1.807) is 11.1 Å². The monoisotopic (exact) mass is 280 g/mol. The zero-order valence-electron chi connectivity index (χ0n) is 12.9. The van der Waals surface area contributed by atoms with Crippen molar-refractivity contribution in [1.29, 1.82) is 0 Å². The van der Waals surface area contributed by atoms with Gasteiger partial charge in [0, 0.05) is 0 Å². The van der Waals surface area contributed by atoms with Crippen molar-refractivity contribution in [2.75, 3.05) is 0 Å². The highest BCUT2D eigenvalue weighted by Gasteiger charge is 2.41. The zero-order chi connectivity index (χ0) is 14.4. The molecule has 0 radical (unpaired) electrons. The van der Waals surface area contributed by atoms with Gasteiger partial charge in [-0.05, 0) is 90.7 Å². The second-order valence-corrected chi connectivity index (χ2v) is 7.35. The molecule has 21 heavy (non-hydrogen) atoms. The number of benzene rings is 1. The number of aryl methyl sites for hydroxylation is 1. The van der Waals surface area contributed by atoms with Crippen LogP contribution in [0, 0.1) is 5.41 Å². The van der Waals surface area contributed by atoms with Crippen molar-refractivity contribution >= 4 is 0 Å². The fraction of sp³-hybridized carbons (Fsp3) is 0.500. The molecule has 0 unspecified atom stereocenters. The molecule has 1 heteroatoms. The summed E-state index contributed by atoms with van der Waals surface area (Å²) in [5.74, 6) is 1.05. The average molecular weight is 280 g/mol. The van der Waals surface area contributed by atoms with Gasteiger partial charge in [-0.2, -0.15) is 0 Å². The molecule has 0 amide bonds.